The van der Waals surface area contributed by atoms with Gasteiger partial charge in [-0.05, 0) is 38.0 Å². The SMILES string of the molecule is CCCNC(=O)C(C)Nc1cc(F)ccc1C. The Kier molecular flexibility index (Phi) is 4.94. The van der Waals surface area contributed by atoms with E-state index in [1.807, 2.05) is 13.8 Å². The molecule has 1 unspecified atom stereocenters. The van der Waals surface area contributed by atoms with E-state index in [0.717, 1.165) is 12.0 Å². The molecule has 1 aromatic carbocycles. The lowest BCUT2D eigenvalue weighted by atomic mass is 10.1. The van der Waals surface area contributed by atoms with Crippen LogP contribution in [0, 0.1) is 12.7 Å². The molecule has 0 heterocycles. The summed E-state index contributed by atoms with van der Waals surface area (Å²) in [5.41, 5.74) is 1.57. The fraction of sp³-hybridized carbons (Fsp3) is 0.462. The van der Waals surface area contributed by atoms with Gasteiger partial charge in [-0.15, -0.1) is 0 Å². The maximum absolute atomic E-state index is 13.1. The predicted octanol–water partition coefficient (Wildman–Crippen LogP) is 2.46. The zero-order valence-corrected chi connectivity index (χ0v) is 10.5. The van der Waals surface area contributed by atoms with Crippen molar-refractivity contribution in [3.8, 4) is 0 Å². The Morgan fingerprint density at radius 3 is 2.82 bits per heavy atom. The van der Waals surface area contributed by atoms with E-state index in [1.165, 1.54) is 12.1 Å². The Balaban J connectivity index is 2.64. The zero-order chi connectivity index (χ0) is 12.8. The minimum absolute atomic E-state index is 0.0736. The van der Waals surface area contributed by atoms with Crippen molar-refractivity contribution in [3.63, 3.8) is 0 Å². The molecule has 0 saturated heterocycles. The van der Waals surface area contributed by atoms with Crippen molar-refractivity contribution in [1.29, 1.82) is 0 Å². The third-order valence-corrected chi connectivity index (χ3v) is 2.51. The summed E-state index contributed by atoms with van der Waals surface area (Å²) in [6, 6.07) is 4.12. The highest BCUT2D eigenvalue weighted by atomic mass is 19.1. The average Bonchev–Trinajstić information content (AvgIpc) is 2.30. The first-order valence-electron chi connectivity index (χ1n) is 5.85. The van der Waals surface area contributed by atoms with Crippen molar-refractivity contribution in [2.45, 2.75) is 33.2 Å². The molecule has 4 heteroatoms. The second-order valence-corrected chi connectivity index (χ2v) is 4.12. The van der Waals surface area contributed by atoms with Crippen molar-refractivity contribution < 1.29 is 9.18 Å². The maximum atomic E-state index is 13.1. The van der Waals surface area contributed by atoms with Crippen LogP contribution < -0.4 is 10.6 Å². The van der Waals surface area contributed by atoms with Crippen LogP contribution in [0.15, 0.2) is 18.2 Å². The minimum atomic E-state index is -0.373. The van der Waals surface area contributed by atoms with Crippen LogP contribution >= 0.6 is 0 Å². The lowest BCUT2D eigenvalue weighted by Crippen LogP contribution is -2.38. The highest BCUT2D eigenvalue weighted by Gasteiger charge is 2.12. The van der Waals surface area contributed by atoms with E-state index in [2.05, 4.69) is 10.6 Å². The van der Waals surface area contributed by atoms with E-state index in [0.29, 0.717) is 12.2 Å². The van der Waals surface area contributed by atoms with Crippen molar-refractivity contribution in [3.05, 3.63) is 29.6 Å². The number of benzene rings is 1. The van der Waals surface area contributed by atoms with Crippen LogP contribution in [0.4, 0.5) is 10.1 Å². The summed E-state index contributed by atoms with van der Waals surface area (Å²) < 4.78 is 13.1. The number of anilines is 1. The molecule has 94 valence electrons. The van der Waals surface area contributed by atoms with Crippen molar-refractivity contribution in [1.82, 2.24) is 5.32 Å². The van der Waals surface area contributed by atoms with Crippen molar-refractivity contribution in [2.75, 3.05) is 11.9 Å². The summed E-state index contributed by atoms with van der Waals surface area (Å²) in [4.78, 5) is 11.6. The second-order valence-electron chi connectivity index (χ2n) is 4.12. The van der Waals surface area contributed by atoms with Crippen molar-refractivity contribution in [2.24, 2.45) is 0 Å². The van der Waals surface area contributed by atoms with Gasteiger partial charge in [-0.3, -0.25) is 4.79 Å². The number of hydrogen-bond acceptors (Lipinski definition) is 2. The number of halogens is 1. The molecule has 0 radical (unpaired) electrons. The van der Waals surface area contributed by atoms with Crippen LogP contribution in [0.1, 0.15) is 25.8 Å². The van der Waals surface area contributed by atoms with Gasteiger partial charge in [-0.25, -0.2) is 4.39 Å². The summed E-state index contributed by atoms with van der Waals surface area (Å²) in [5.74, 6) is -0.380. The molecule has 1 aromatic rings. The summed E-state index contributed by atoms with van der Waals surface area (Å²) >= 11 is 0. The van der Waals surface area contributed by atoms with Gasteiger partial charge in [0.2, 0.25) is 5.91 Å². The first-order chi connectivity index (χ1) is 8.04. The Morgan fingerprint density at radius 2 is 2.18 bits per heavy atom. The molecule has 1 amide bonds. The highest BCUT2D eigenvalue weighted by molar-refractivity contribution is 5.84. The summed E-state index contributed by atoms with van der Waals surface area (Å²) in [6.07, 6.45) is 0.900. The molecule has 1 rings (SSSR count). The Labute approximate surface area is 101 Å². The molecule has 0 aromatic heterocycles. The highest BCUT2D eigenvalue weighted by Crippen LogP contribution is 2.16. The van der Waals surface area contributed by atoms with Crippen molar-refractivity contribution >= 4 is 11.6 Å². The number of hydrogen-bond donors (Lipinski definition) is 2. The van der Waals surface area contributed by atoms with Gasteiger partial charge >= 0.3 is 0 Å². The third-order valence-electron chi connectivity index (χ3n) is 2.51. The minimum Gasteiger partial charge on any atom is -0.374 e. The van der Waals surface area contributed by atoms with Gasteiger partial charge in [0.1, 0.15) is 11.9 Å². The fourth-order valence-corrected chi connectivity index (χ4v) is 1.45. The van der Waals surface area contributed by atoms with Gasteiger partial charge in [-0.2, -0.15) is 0 Å². The first kappa shape index (κ1) is 13.5. The smallest absolute Gasteiger partial charge is 0.242 e. The fourth-order valence-electron chi connectivity index (χ4n) is 1.45. The van der Waals surface area contributed by atoms with Gasteiger partial charge in [0, 0.05) is 12.2 Å². The summed E-state index contributed by atoms with van der Waals surface area (Å²) in [5, 5.41) is 5.80. The lowest BCUT2D eigenvalue weighted by Gasteiger charge is -2.16. The molecule has 2 N–H and O–H groups in total. The van der Waals surface area contributed by atoms with Gasteiger partial charge in [-0.1, -0.05) is 13.0 Å². The maximum Gasteiger partial charge on any atom is 0.242 e. The molecule has 0 spiro atoms. The van der Waals surface area contributed by atoms with E-state index in [1.54, 1.807) is 13.0 Å². The molecule has 0 bridgehead atoms. The van der Waals surface area contributed by atoms with E-state index < -0.39 is 0 Å². The Bertz CT molecular complexity index is 393. The van der Waals surface area contributed by atoms with Gasteiger partial charge in [0.25, 0.3) is 0 Å². The second kappa shape index (κ2) is 6.23. The van der Waals surface area contributed by atoms with Crippen LogP contribution in [-0.2, 0) is 4.79 Å². The largest absolute Gasteiger partial charge is 0.374 e. The quantitative estimate of drug-likeness (QED) is 0.827. The Morgan fingerprint density at radius 1 is 1.47 bits per heavy atom. The van der Waals surface area contributed by atoms with E-state index >= 15 is 0 Å². The van der Waals surface area contributed by atoms with E-state index in [-0.39, 0.29) is 17.8 Å². The third kappa shape index (κ3) is 4.06. The van der Waals surface area contributed by atoms with Gasteiger partial charge in [0.05, 0.1) is 0 Å². The number of amides is 1. The number of nitrogens with one attached hydrogen (secondary N) is 2. The monoisotopic (exact) mass is 238 g/mol. The van der Waals surface area contributed by atoms with Crippen LogP contribution in [0.25, 0.3) is 0 Å². The molecule has 17 heavy (non-hydrogen) atoms. The number of rotatable bonds is 5. The first-order valence-corrected chi connectivity index (χ1v) is 5.85. The van der Waals surface area contributed by atoms with E-state index in [4.69, 9.17) is 0 Å². The van der Waals surface area contributed by atoms with E-state index in [9.17, 15) is 9.18 Å². The van der Waals surface area contributed by atoms with Gasteiger partial charge in [0.15, 0.2) is 0 Å². The molecule has 0 fully saturated rings. The number of aryl methyl sites for hydroxylation is 1. The molecule has 0 aliphatic rings. The summed E-state index contributed by atoms with van der Waals surface area (Å²) in [6.45, 7) is 6.29. The molecular weight excluding hydrogens is 219 g/mol. The molecule has 3 nitrogen and oxygen atoms in total. The van der Waals surface area contributed by atoms with Crippen LogP contribution in [0.2, 0.25) is 0 Å². The molecule has 0 aliphatic heterocycles. The average molecular weight is 238 g/mol. The van der Waals surface area contributed by atoms with Gasteiger partial charge < -0.3 is 10.6 Å². The summed E-state index contributed by atoms with van der Waals surface area (Å²) in [7, 11) is 0. The number of carbonyl (C=O) groups excluding carboxylic acids is 1. The Hall–Kier alpha value is -1.58. The molecule has 0 saturated carbocycles. The molecular formula is C13H19FN2O. The standard InChI is InChI=1S/C13H19FN2O/c1-4-7-15-13(17)10(3)16-12-8-11(14)6-5-9(12)2/h5-6,8,10,16H,4,7H2,1-3H3,(H,15,17). The molecule has 0 aliphatic carbocycles. The zero-order valence-electron chi connectivity index (χ0n) is 10.5. The van der Waals surface area contributed by atoms with Crippen LogP contribution in [0.3, 0.4) is 0 Å². The normalized spacial score (nSPS) is 12.0. The topological polar surface area (TPSA) is 41.1 Å². The van der Waals surface area contributed by atoms with Crippen LogP contribution in [0.5, 0.6) is 0 Å². The predicted molar refractivity (Wildman–Crippen MR) is 67.5 cm³/mol. The molecule has 1 atom stereocenters. The lowest BCUT2D eigenvalue weighted by molar-refractivity contribution is -0.121. The van der Waals surface area contributed by atoms with Crippen LogP contribution in [-0.4, -0.2) is 18.5 Å². The number of carbonyl (C=O) groups is 1.